The standard InChI is InChI=1S/C10H16O2/c1-3-5-10(6-4-2)7-8-12-9(10)11/h3-4,9,11H,1-2,5-8H2/t9-/m1/s1. The highest BCUT2D eigenvalue weighted by atomic mass is 16.6. The molecule has 2 nitrogen and oxygen atoms in total. The molecule has 1 heterocycles. The van der Waals surface area contributed by atoms with E-state index in [9.17, 15) is 5.11 Å². The summed E-state index contributed by atoms with van der Waals surface area (Å²) in [6.45, 7) is 8.01. The summed E-state index contributed by atoms with van der Waals surface area (Å²) < 4.78 is 5.13. The zero-order valence-corrected chi connectivity index (χ0v) is 7.33. The van der Waals surface area contributed by atoms with Crippen LogP contribution in [0.1, 0.15) is 19.3 Å². The molecule has 0 aromatic carbocycles. The second-order valence-corrected chi connectivity index (χ2v) is 3.32. The maximum Gasteiger partial charge on any atom is 0.160 e. The molecule has 0 aromatic heterocycles. The lowest BCUT2D eigenvalue weighted by atomic mass is 9.79. The predicted molar refractivity (Wildman–Crippen MR) is 48.6 cm³/mol. The minimum Gasteiger partial charge on any atom is -0.367 e. The number of ether oxygens (including phenoxy) is 1. The summed E-state index contributed by atoms with van der Waals surface area (Å²) in [5.41, 5.74) is -0.149. The number of aliphatic hydroxyl groups is 1. The van der Waals surface area contributed by atoms with E-state index in [4.69, 9.17) is 4.74 Å². The van der Waals surface area contributed by atoms with E-state index in [1.165, 1.54) is 0 Å². The van der Waals surface area contributed by atoms with Gasteiger partial charge in [-0.1, -0.05) is 12.2 Å². The summed E-state index contributed by atoms with van der Waals surface area (Å²) in [6, 6.07) is 0. The Morgan fingerprint density at radius 1 is 1.42 bits per heavy atom. The highest BCUT2D eigenvalue weighted by Gasteiger charge is 2.40. The smallest absolute Gasteiger partial charge is 0.160 e. The molecule has 0 aliphatic carbocycles. The van der Waals surface area contributed by atoms with Gasteiger partial charge in [0.1, 0.15) is 0 Å². The summed E-state index contributed by atoms with van der Waals surface area (Å²) in [6.07, 6.45) is 5.50. The van der Waals surface area contributed by atoms with Crippen LogP contribution in [0.5, 0.6) is 0 Å². The van der Waals surface area contributed by atoms with Crippen molar-refractivity contribution in [2.45, 2.75) is 25.6 Å². The van der Waals surface area contributed by atoms with Crippen LogP contribution in [-0.4, -0.2) is 18.0 Å². The number of rotatable bonds is 4. The lowest BCUT2D eigenvalue weighted by Gasteiger charge is -2.28. The van der Waals surface area contributed by atoms with Crippen LogP contribution < -0.4 is 0 Å². The van der Waals surface area contributed by atoms with Crippen LogP contribution in [0, 0.1) is 5.41 Å². The van der Waals surface area contributed by atoms with Crippen LogP contribution in [0.15, 0.2) is 25.3 Å². The zero-order chi connectivity index (χ0) is 9.03. The van der Waals surface area contributed by atoms with Gasteiger partial charge in [-0.05, 0) is 19.3 Å². The maximum atomic E-state index is 9.58. The van der Waals surface area contributed by atoms with Crippen molar-refractivity contribution in [3.8, 4) is 0 Å². The van der Waals surface area contributed by atoms with E-state index in [2.05, 4.69) is 13.2 Å². The van der Waals surface area contributed by atoms with Crippen molar-refractivity contribution in [3.05, 3.63) is 25.3 Å². The Labute approximate surface area is 73.5 Å². The van der Waals surface area contributed by atoms with Crippen LogP contribution in [0.2, 0.25) is 0 Å². The molecule has 1 atom stereocenters. The summed E-state index contributed by atoms with van der Waals surface area (Å²) in [7, 11) is 0. The van der Waals surface area contributed by atoms with E-state index in [1.807, 2.05) is 12.2 Å². The SMILES string of the molecule is C=CCC1(CC=C)CCO[C@H]1O. The largest absolute Gasteiger partial charge is 0.367 e. The van der Waals surface area contributed by atoms with Gasteiger partial charge in [-0.3, -0.25) is 0 Å². The Morgan fingerprint density at radius 3 is 2.33 bits per heavy atom. The lowest BCUT2D eigenvalue weighted by molar-refractivity contribution is -0.116. The third-order valence-corrected chi connectivity index (χ3v) is 2.50. The molecule has 2 heteroatoms. The first kappa shape index (κ1) is 9.49. The molecule has 1 fully saturated rings. The van der Waals surface area contributed by atoms with Gasteiger partial charge >= 0.3 is 0 Å². The van der Waals surface area contributed by atoms with Gasteiger partial charge in [0.2, 0.25) is 0 Å². The van der Waals surface area contributed by atoms with Gasteiger partial charge in [-0.15, -0.1) is 13.2 Å². The van der Waals surface area contributed by atoms with E-state index < -0.39 is 6.29 Å². The Balaban J connectivity index is 2.69. The Bertz CT molecular complexity index is 165. The quantitative estimate of drug-likeness (QED) is 0.649. The van der Waals surface area contributed by atoms with Crippen molar-refractivity contribution in [2.75, 3.05) is 6.61 Å². The topological polar surface area (TPSA) is 29.5 Å². The van der Waals surface area contributed by atoms with Crippen LogP contribution in [-0.2, 0) is 4.74 Å². The summed E-state index contributed by atoms with van der Waals surface area (Å²) in [5.74, 6) is 0. The zero-order valence-electron chi connectivity index (χ0n) is 7.33. The molecular formula is C10H16O2. The second-order valence-electron chi connectivity index (χ2n) is 3.32. The number of hydrogen-bond donors (Lipinski definition) is 1. The van der Waals surface area contributed by atoms with Crippen molar-refractivity contribution in [1.82, 2.24) is 0 Å². The minimum atomic E-state index is -0.645. The molecule has 1 aliphatic rings. The molecule has 0 amide bonds. The first-order valence-corrected chi connectivity index (χ1v) is 4.26. The third kappa shape index (κ3) is 1.59. The van der Waals surface area contributed by atoms with Crippen LogP contribution >= 0.6 is 0 Å². The molecule has 68 valence electrons. The van der Waals surface area contributed by atoms with Gasteiger partial charge in [0.05, 0.1) is 6.61 Å². The van der Waals surface area contributed by atoms with Crippen molar-refractivity contribution >= 4 is 0 Å². The fourth-order valence-corrected chi connectivity index (χ4v) is 1.74. The predicted octanol–water partition coefficient (Wildman–Crippen LogP) is 1.86. The van der Waals surface area contributed by atoms with E-state index in [-0.39, 0.29) is 5.41 Å². The molecule has 1 saturated heterocycles. The van der Waals surface area contributed by atoms with Gasteiger partial charge in [-0.25, -0.2) is 0 Å². The molecule has 12 heavy (non-hydrogen) atoms. The molecular weight excluding hydrogens is 152 g/mol. The summed E-state index contributed by atoms with van der Waals surface area (Å²) in [5, 5.41) is 9.58. The highest BCUT2D eigenvalue weighted by Crippen LogP contribution is 2.40. The molecule has 0 radical (unpaired) electrons. The number of hydrogen-bond acceptors (Lipinski definition) is 2. The van der Waals surface area contributed by atoms with Gasteiger partial charge in [0, 0.05) is 5.41 Å². The summed E-state index contributed by atoms with van der Waals surface area (Å²) >= 11 is 0. The van der Waals surface area contributed by atoms with Gasteiger partial charge in [-0.2, -0.15) is 0 Å². The second kappa shape index (κ2) is 3.87. The van der Waals surface area contributed by atoms with E-state index in [0.29, 0.717) is 6.61 Å². The normalized spacial score (nSPS) is 26.9. The van der Waals surface area contributed by atoms with Gasteiger partial charge < -0.3 is 9.84 Å². The van der Waals surface area contributed by atoms with Crippen molar-refractivity contribution in [2.24, 2.45) is 5.41 Å². The van der Waals surface area contributed by atoms with Crippen LogP contribution in [0.25, 0.3) is 0 Å². The molecule has 1 aliphatic heterocycles. The van der Waals surface area contributed by atoms with E-state index >= 15 is 0 Å². The van der Waals surface area contributed by atoms with Crippen LogP contribution in [0.4, 0.5) is 0 Å². The molecule has 1 N–H and O–H groups in total. The number of allylic oxidation sites excluding steroid dienone is 2. The molecule has 0 bridgehead atoms. The third-order valence-electron chi connectivity index (χ3n) is 2.50. The van der Waals surface area contributed by atoms with E-state index in [1.54, 1.807) is 0 Å². The van der Waals surface area contributed by atoms with Crippen molar-refractivity contribution in [3.63, 3.8) is 0 Å². The molecule has 0 unspecified atom stereocenters. The van der Waals surface area contributed by atoms with Crippen molar-refractivity contribution < 1.29 is 9.84 Å². The monoisotopic (exact) mass is 168 g/mol. The Kier molecular flexibility index (Phi) is 3.06. The molecule has 0 saturated carbocycles. The van der Waals surface area contributed by atoms with E-state index in [0.717, 1.165) is 19.3 Å². The first-order valence-electron chi connectivity index (χ1n) is 4.26. The fraction of sp³-hybridized carbons (Fsp3) is 0.600. The first-order chi connectivity index (χ1) is 5.75. The number of aliphatic hydroxyl groups excluding tert-OH is 1. The average molecular weight is 168 g/mol. The molecule has 0 spiro atoms. The van der Waals surface area contributed by atoms with Crippen molar-refractivity contribution in [1.29, 1.82) is 0 Å². The van der Waals surface area contributed by atoms with Gasteiger partial charge in [0.25, 0.3) is 0 Å². The molecule has 1 rings (SSSR count). The Hall–Kier alpha value is -0.600. The van der Waals surface area contributed by atoms with Gasteiger partial charge in [0.15, 0.2) is 6.29 Å². The molecule has 0 aromatic rings. The summed E-state index contributed by atoms with van der Waals surface area (Å²) in [4.78, 5) is 0. The average Bonchev–Trinajstić information content (AvgIpc) is 2.35. The Morgan fingerprint density at radius 2 is 2.00 bits per heavy atom. The maximum absolute atomic E-state index is 9.58. The van der Waals surface area contributed by atoms with Crippen LogP contribution in [0.3, 0.4) is 0 Å². The lowest BCUT2D eigenvalue weighted by Crippen LogP contribution is -2.29. The fourth-order valence-electron chi connectivity index (χ4n) is 1.74. The minimum absolute atomic E-state index is 0.149. The highest BCUT2D eigenvalue weighted by molar-refractivity contribution is 4.95.